The zero-order chi connectivity index (χ0) is 21.5. The van der Waals surface area contributed by atoms with Crippen LogP contribution in [0.4, 0.5) is 0 Å². The lowest BCUT2D eigenvalue weighted by Crippen LogP contribution is -2.42. The first kappa shape index (κ1) is 21.5. The van der Waals surface area contributed by atoms with Crippen molar-refractivity contribution in [3.05, 3.63) is 53.6 Å². The fourth-order valence-corrected chi connectivity index (χ4v) is 3.57. The van der Waals surface area contributed by atoms with E-state index >= 15 is 0 Å². The molecule has 1 N–H and O–H groups in total. The lowest BCUT2D eigenvalue weighted by Gasteiger charge is -2.31. The SMILES string of the molecule is COc1cccc(CNC(=O)C2CCN(C(=O)c3cc(OC)cc(OC)c3)CC2)c1. The van der Waals surface area contributed by atoms with Gasteiger partial charge in [0.05, 0.1) is 21.3 Å². The number of hydrogen-bond donors (Lipinski definition) is 1. The van der Waals surface area contributed by atoms with E-state index in [1.54, 1.807) is 44.4 Å². The van der Waals surface area contributed by atoms with Crippen molar-refractivity contribution in [3.63, 3.8) is 0 Å². The summed E-state index contributed by atoms with van der Waals surface area (Å²) in [5.74, 6) is 1.76. The molecule has 0 unspecified atom stereocenters. The van der Waals surface area contributed by atoms with Crippen LogP contribution in [0, 0.1) is 5.92 Å². The third-order valence-electron chi connectivity index (χ3n) is 5.35. The summed E-state index contributed by atoms with van der Waals surface area (Å²) in [7, 11) is 4.73. The molecule has 30 heavy (non-hydrogen) atoms. The van der Waals surface area contributed by atoms with Crippen molar-refractivity contribution >= 4 is 11.8 Å². The second-order valence-corrected chi connectivity index (χ2v) is 7.24. The maximum Gasteiger partial charge on any atom is 0.254 e. The summed E-state index contributed by atoms with van der Waals surface area (Å²) in [5, 5.41) is 2.99. The number of amides is 2. The minimum absolute atomic E-state index is 0.0213. The van der Waals surface area contributed by atoms with E-state index in [4.69, 9.17) is 14.2 Å². The predicted molar refractivity (Wildman–Crippen MR) is 113 cm³/mol. The zero-order valence-electron chi connectivity index (χ0n) is 17.6. The Morgan fingerprint density at radius 3 is 2.17 bits per heavy atom. The van der Waals surface area contributed by atoms with E-state index in [1.165, 1.54) is 0 Å². The number of benzene rings is 2. The molecular formula is C23H28N2O5. The maximum atomic E-state index is 12.9. The largest absolute Gasteiger partial charge is 0.497 e. The summed E-state index contributed by atoms with van der Waals surface area (Å²) in [5.41, 5.74) is 1.51. The van der Waals surface area contributed by atoms with Gasteiger partial charge in [-0.1, -0.05) is 12.1 Å². The van der Waals surface area contributed by atoms with Gasteiger partial charge in [0, 0.05) is 37.2 Å². The van der Waals surface area contributed by atoms with Crippen LogP contribution in [0.15, 0.2) is 42.5 Å². The molecule has 0 saturated carbocycles. The van der Waals surface area contributed by atoms with Crippen LogP contribution in [-0.2, 0) is 11.3 Å². The number of ether oxygens (including phenoxy) is 3. The van der Waals surface area contributed by atoms with Gasteiger partial charge >= 0.3 is 0 Å². The van der Waals surface area contributed by atoms with Crippen LogP contribution >= 0.6 is 0 Å². The second-order valence-electron chi connectivity index (χ2n) is 7.24. The van der Waals surface area contributed by atoms with Crippen LogP contribution in [0.25, 0.3) is 0 Å². The van der Waals surface area contributed by atoms with Crippen LogP contribution in [-0.4, -0.2) is 51.1 Å². The number of rotatable bonds is 7. The Morgan fingerprint density at radius 1 is 0.933 bits per heavy atom. The predicted octanol–water partition coefficient (Wildman–Crippen LogP) is 2.88. The number of likely N-dealkylation sites (tertiary alicyclic amines) is 1. The van der Waals surface area contributed by atoms with E-state index in [9.17, 15) is 9.59 Å². The van der Waals surface area contributed by atoms with Crippen molar-refractivity contribution < 1.29 is 23.8 Å². The molecule has 1 aliphatic rings. The van der Waals surface area contributed by atoms with Crippen molar-refractivity contribution in [1.29, 1.82) is 0 Å². The fraction of sp³-hybridized carbons (Fsp3) is 0.391. The highest BCUT2D eigenvalue weighted by Crippen LogP contribution is 2.25. The molecule has 0 atom stereocenters. The van der Waals surface area contributed by atoms with Gasteiger partial charge in [0.25, 0.3) is 5.91 Å². The number of nitrogens with one attached hydrogen (secondary N) is 1. The average molecular weight is 412 g/mol. The Hall–Kier alpha value is -3.22. The summed E-state index contributed by atoms with van der Waals surface area (Å²) in [6.45, 7) is 1.53. The number of piperidine rings is 1. The van der Waals surface area contributed by atoms with Gasteiger partial charge in [0.2, 0.25) is 5.91 Å². The first-order chi connectivity index (χ1) is 14.5. The van der Waals surface area contributed by atoms with E-state index < -0.39 is 0 Å². The molecule has 0 aliphatic carbocycles. The molecular weight excluding hydrogens is 384 g/mol. The molecule has 1 saturated heterocycles. The molecule has 1 heterocycles. The minimum Gasteiger partial charge on any atom is -0.497 e. The Balaban J connectivity index is 1.53. The zero-order valence-corrected chi connectivity index (χ0v) is 17.6. The Morgan fingerprint density at radius 2 is 1.57 bits per heavy atom. The molecule has 0 spiro atoms. The van der Waals surface area contributed by atoms with E-state index in [-0.39, 0.29) is 17.7 Å². The van der Waals surface area contributed by atoms with E-state index in [0.717, 1.165) is 11.3 Å². The number of carbonyl (C=O) groups is 2. The van der Waals surface area contributed by atoms with Crippen LogP contribution in [0.5, 0.6) is 17.2 Å². The quantitative estimate of drug-likeness (QED) is 0.757. The van der Waals surface area contributed by atoms with Gasteiger partial charge in [-0.15, -0.1) is 0 Å². The van der Waals surface area contributed by atoms with Crippen LogP contribution in [0.2, 0.25) is 0 Å². The average Bonchev–Trinajstić information content (AvgIpc) is 2.81. The van der Waals surface area contributed by atoms with Gasteiger partial charge < -0.3 is 24.4 Å². The van der Waals surface area contributed by atoms with Gasteiger partial charge in [0.15, 0.2) is 0 Å². The summed E-state index contributed by atoms with van der Waals surface area (Å²) >= 11 is 0. The molecule has 2 amide bonds. The molecule has 0 radical (unpaired) electrons. The highest BCUT2D eigenvalue weighted by atomic mass is 16.5. The molecule has 2 aromatic carbocycles. The van der Waals surface area contributed by atoms with Gasteiger partial charge in [-0.05, 0) is 42.7 Å². The van der Waals surface area contributed by atoms with Gasteiger partial charge in [-0.25, -0.2) is 0 Å². The van der Waals surface area contributed by atoms with Crippen molar-refractivity contribution in [2.45, 2.75) is 19.4 Å². The van der Waals surface area contributed by atoms with Crippen molar-refractivity contribution in [2.75, 3.05) is 34.4 Å². The minimum atomic E-state index is -0.0977. The van der Waals surface area contributed by atoms with Crippen molar-refractivity contribution in [3.8, 4) is 17.2 Å². The van der Waals surface area contributed by atoms with Crippen molar-refractivity contribution in [1.82, 2.24) is 10.2 Å². The van der Waals surface area contributed by atoms with Crippen LogP contribution < -0.4 is 19.5 Å². The van der Waals surface area contributed by atoms with E-state index in [0.29, 0.717) is 49.5 Å². The van der Waals surface area contributed by atoms with Crippen LogP contribution in [0.1, 0.15) is 28.8 Å². The summed E-state index contributed by atoms with van der Waals surface area (Å²) in [6.07, 6.45) is 1.27. The Kier molecular flexibility index (Phi) is 7.17. The molecule has 3 rings (SSSR count). The van der Waals surface area contributed by atoms with Crippen molar-refractivity contribution in [2.24, 2.45) is 5.92 Å². The molecule has 2 aromatic rings. The van der Waals surface area contributed by atoms with Gasteiger partial charge in [0.1, 0.15) is 17.2 Å². The van der Waals surface area contributed by atoms with E-state index in [2.05, 4.69) is 5.32 Å². The number of carbonyl (C=O) groups excluding carboxylic acids is 2. The molecule has 0 aromatic heterocycles. The summed E-state index contributed by atoms with van der Waals surface area (Å²) in [4.78, 5) is 27.2. The van der Waals surface area contributed by atoms with E-state index in [1.807, 2.05) is 24.3 Å². The lowest BCUT2D eigenvalue weighted by atomic mass is 9.95. The summed E-state index contributed by atoms with van der Waals surface area (Å²) < 4.78 is 15.7. The highest BCUT2D eigenvalue weighted by Gasteiger charge is 2.28. The molecule has 7 nitrogen and oxygen atoms in total. The van der Waals surface area contributed by atoms with Crippen LogP contribution in [0.3, 0.4) is 0 Å². The lowest BCUT2D eigenvalue weighted by molar-refractivity contribution is -0.126. The summed E-state index contributed by atoms with van der Waals surface area (Å²) in [6, 6.07) is 12.8. The third-order valence-corrected chi connectivity index (χ3v) is 5.35. The molecule has 7 heteroatoms. The highest BCUT2D eigenvalue weighted by molar-refractivity contribution is 5.95. The Bertz CT molecular complexity index is 869. The topological polar surface area (TPSA) is 77.1 Å². The maximum absolute atomic E-state index is 12.9. The molecule has 0 bridgehead atoms. The normalized spacial score (nSPS) is 14.2. The number of nitrogens with zero attached hydrogens (tertiary/aromatic N) is 1. The molecule has 1 fully saturated rings. The standard InChI is InChI=1S/C23H28N2O5/c1-28-19-6-4-5-16(11-19)15-24-22(26)17-7-9-25(10-8-17)23(27)18-12-20(29-2)14-21(13-18)30-3/h4-6,11-14,17H,7-10,15H2,1-3H3,(H,24,26). The third kappa shape index (κ3) is 5.23. The molecule has 1 aliphatic heterocycles. The smallest absolute Gasteiger partial charge is 0.254 e. The number of hydrogen-bond acceptors (Lipinski definition) is 5. The van der Waals surface area contributed by atoms with Gasteiger partial charge in [-0.3, -0.25) is 9.59 Å². The van der Waals surface area contributed by atoms with Gasteiger partial charge in [-0.2, -0.15) is 0 Å². The fourth-order valence-electron chi connectivity index (χ4n) is 3.57. The monoisotopic (exact) mass is 412 g/mol. The Labute approximate surface area is 176 Å². The second kappa shape index (κ2) is 10.0. The molecule has 160 valence electrons. The first-order valence-electron chi connectivity index (χ1n) is 9.97. The number of methoxy groups -OCH3 is 3. The first-order valence-corrected chi connectivity index (χ1v) is 9.97.